The van der Waals surface area contributed by atoms with Gasteiger partial charge in [0.25, 0.3) is 5.91 Å². The third-order valence-electron chi connectivity index (χ3n) is 2.94. The zero-order chi connectivity index (χ0) is 15.1. The van der Waals surface area contributed by atoms with Crippen LogP contribution < -0.4 is 10.6 Å². The Morgan fingerprint density at radius 1 is 1.20 bits per heavy atom. The van der Waals surface area contributed by atoms with Crippen molar-refractivity contribution in [2.24, 2.45) is 0 Å². The van der Waals surface area contributed by atoms with Gasteiger partial charge in [0.2, 0.25) is 5.91 Å². The summed E-state index contributed by atoms with van der Waals surface area (Å²) in [4.78, 5) is 23.2. The summed E-state index contributed by atoms with van der Waals surface area (Å²) in [5.41, 5.74) is -0.290. The number of carbonyl (C=O) groups is 2. The van der Waals surface area contributed by atoms with Crippen LogP contribution in [0.25, 0.3) is 0 Å². The molecule has 1 aromatic carbocycles. The lowest BCUT2D eigenvalue weighted by Gasteiger charge is -2.14. The summed E-state index contributed by atoms with van der Waals surface area (Å²) >= 11 is 0. The van der Waals surface area contributed by atoms with E-state index in [-0.39, 0.29) is 24.1 Å². The molecule has 1 rings (SSSR count). The number of carbonyl (C=O) groups excluding carboxylic acids is 2. The highest BCUT2D eigenvalue weighted by Crippen LogP contribution is 2.09. The van der Waals surface area contributed by atoms with E-state index in [0.29, 0.717) is 6.07 Å². The van der Waals surface area contributed by atoms with Crippen molar-refractivity contribution >= 4 is 11.8 Å². The van der Waals surface area contributed by atoms with Crippen LogP contribution in [0, 0.1) is 11.6 Å². The summed E-state index contributed by atoms with van der Waals surface area (Å²) in [6.07, 6.45) is 1.59. The minimum Gasteiger partial charge on any atom is -0.352 e. The summed E-state index contributed by atoms with van der Waals surface area (Å²) < 4.78 is 26.1. The third-order valence-corrected chi connectivity index (χ3v) is 2.94. The number of benzene rings is 1. The molecular weight excluding hydrogens is 266 g/mol. The molecule has 0 spiro atoms. The Morgan fingerprint density at radius 2 is 1.85 bits per heavy atom. The predicted octanol–water partition coefficient (Wildman–Crippen LogP) is 2.00. The minimum atomic E-state index is -0.956. The van der Waals surface area contributed by atoms with E-state index in [2.05, 4.69) is 10.6 Å². The van der Waals surface area contributed by atoms with Gasteiger partial charge in [-0.25, -0.2) is 8.78 Å². The van der Waals surface area contributed by atoms with Crippen LogP contribution in [0.5, 0.6) is 0 Å². The fourth-order valence-electron chi connectivity index (χ4n) is 1.70. The summed E-state index contributed by atoms with van der Waals surface area (Å²) in [7, 11) is 0. The van der Waals surface area contributed by atoms with E-state index in [1.807, 2.05) is 13.8 Å². The molecular formula is C14H18F2N2O2. The average molecular weight is 284 g/mol. The molecule has 2 N–H and O–H groups in total. The van der Waals surface area contributed by atoms with Gasteiger partial charge >= 0.3 is 0 Å². The van der Waals surface area contributed by atoms with E-state index >= 15 is 0 Å². The molecule has 0 aliphatic heterocycles. The molecule has 0 unspecified atom stereocenters. The van der Waals surface area contributed by atoms with Gasteiger partial charge in [0.05, 0.1) is 12.1 Å². The first kappa shape index (κ1) is 16.1. The summed E-state index contributed by atoms with van der Waals surface area (Å²) in [5.74, 6) is -2.80. The molecule has 0 aliphatic rings. The highest BCUT2D eigenvalue weighted by Gasteiger charge is 2.14. The number of nitrogens with one attached hydrogen (secondary N) is 2. The zero-order valence-electron chi connectivity index (χ0n) is 11.5. The molecule has 2 amide bonds. The van der Waals surface area contributed by atoms with Crippen molar-refractivity contribution in [3.8, 4) is 0 Å². The lowest BCUT2D eigenvalue weighted by atomic mass is 10.1. The standard InChI is InChI=1S/C14H18F2N2O2/c1-3-10(4-2)18-13(19)8-17-14(20)11-6-5-9(15)7-12(11)16/h5-7,10H,3-4,8H2,1-2H3,(H,17,20)(H,18,19). The number of hydrogen-bond acceptors (Lipinski definition) is 2. The molecule has 4 nitrogen and oxygen atoms in total. The average Bonchev–Trinajstić information content (AvgIpc) is 2.42. The SMILES string of the molecule is CCC(CC)NC(=O)CNC(=O)c1ccc(F)cc1F. The van der Waals surface area contributed by atoms with E-state index in [0.717, 1.165) is 25.0 Å². The molecule has 0 radical (unpaired) electrons. The maximum absolute atomic E-state index is 13.3. The van der Waals surface area contributed by atoms with Crippen LogP contribution in [0.4, 0.5) is 8.78 Å². The topological polar surface area (TPSA) is 58.2 Å². The second kappa shape index (κ2) is 7.57. The zero-order valence-corrected chi connectivity index (χ0v) is 11.5. The third kappa shape index (κ3) is 4.60. The van der Waals surface area contributed by atoms with Gasteiger partial charge in [0.15, 0.2) is 0 Å². The smallest absolute Gasteiger partial charge is 0.254 e. The molecule has 0 aromatic heterocycles. The van der Waals surface area contributed by atoms with Gasteiger partial charge in [-0.1, -0.05) is 13.8 Å². The number of amides is 2. The van der Waals surface area contributed by atoms with Crippen LogP contribution in [-0.2, 0) is 4.79 Å². The molecule has 0 heterocycles. The molecule has 0 atom stereocenters. The Bertz CT molecular complexity index is 488. The van der Waals surface area contributed by atoms with Crippen molar-refractivity contribution in [3.63, 3.8) is 0 Å². The molecule has 1 aromatic rings. The largest absolute Gasteiger partial charge is 0.352 e. The quantitative estimate of drug-likeness (QED) is 0.839. The van der Waals surface area contributed by atoms with Crippen LogP contribution in [0.3, 0.4) is 0 Å². The van der Waals surface area contributed by atoms with Crippen molar-refractivity contribution in [2.75, 3.05) is 6.54 Å². The van der Waals surface area contributed by atoms with Gasteiger partial charge in [-0.2, -0.15) is 0 Å². The van der Waals surface area contributed by atoms with Gasteiger partial charge in [0, 0.05) is 12.1 Å². The molecule has 0 bridgehead atoms. The van der Waals surface area contributed by atoms with Crippen molar-refractivity contribution in [1.29, 1.82) is 0 Å². The van der Waals surface area contributed by atoms with Crippen molar-refractivity contribution in [2.45, 2.75) is 32.7 Å². The lowest BCUT2D eigenvalue weighted by Crippen LogP contribution is -2.41. The predicted molar refractivity (Wildman–Crippen MR) is 71.2 cm³/mol. The normalized spacial score (nSPS) is 10.4. The maximum Gasteiger partial charge on any atom is 0.254 e. The van der Waals surface area contributed by atoms with Crippen molar-refractivity contribution < 1.29 is 18.4 Å². The maximum atomic E-state index is 13.3. The van der Waals surface area contributed by atoms with Gasteiger partial charge in [-0.05, 0) is 25.0 Å². The molecule has 6 heteroatoms. The van der Waals surface area contributed by atoms with Gasteiger partial charge in [-0.3, -0.25) is 9.59 Å². The van der Waals surface area contributed by atoms with Crippen molar-refractivity contribution in [1.82, 2.24) is 10.6 Å². The Kier molecular flexibility index (Phi) is 6.09. The Hall–Kier alpha value is -1.98. The van der Waals surface area contributed by atoms with E-state index in [1.54, 1.807) is 0 Å². The molecule has 0 saturated carbocycles. The van der Waals surface area contributed by atoms with Gasteiger partial charge < -0.3 is 10.6 Å². The van der Waals surface area contributed by atoms with Crippen LogP contribution in [-0.4, -0.2) is 24.4 Å². The van der Waals surface area contributed by atoms with Crippen molar-refractivity contribution in [3.05, 3.63) is 35.4 Å². The Morgan fingerprint density at radius 3 is 2.40 bits per heavy atom. The van der Waals surface area contributed by atoms with E-state index in [1.165, 1.54) is 0 Å². The van der Waals surface area contributed by atoms with Gasteiger partial charge in [0.1, 0.15) is 11.6 Å². The first-order valence-corrected chi connectivity index (χ1v) is 6.50. The second-order valence-electron chi connectivity index (χ2n) is 4.39. The van der Waals surface area contributed by atoms with Crippen LogP contribution in [0.1, 0.15) is 37.0 Å². The molecule has 0 saturated heterocycles. The van der Waals surface area contributed by atoms with E-state index < -0.39 is 17.5 Å². The highest BCUT2D eigenvalue weighted by atomic mass is 19.1. The number of hydrogen-bond donors (Lipinski definition) is 2. The first-order chi connectivity index (χ1) is 9.47. The molecule has 110 valence electrons. The van der Waals surface area contributed by atoms with E-state index in [4.69, 9.17) is 0 Å². The minimum absolute atomic E-state index is 0.0574. The second-order valence-corrected chi connectivity index (χ2v) is 4.39. The summed E-state index contributed by atoms with van der Waals surface area (Å²) in [6, 6.07) is 2.71. The summed E-state index contributed by atoms with van der Waals surface area (Å²) in [6.45, 7) is 3.65. The van der Waals surface area contributed by atoms with E-state index in [9.17, 15) is 18.4 Å². The lowest BCUT2D eigenvalue weighted by molar-refractivity contribution is -0.120. The summed E-state index contributed by atoms with van der Waals surface area (Å²) in [5, 5.41) is 5.04. The number of rotatable bonds is 6. The molecule has 20 heavy (non-hydrogen) atoms. The monoisotopic (exact) mass is 284 g/mol. The Labute approximate surface area is 116 Å². The first-order valence-electron chi connectivity index (χ1n) is 6.50. The van der Waals surface area contributed by atoms with Crippen LogP contribution in [0.2, 0.25) is 0 Å². The van der Waals surface area contributed by atoms with Crippen LogP contribution in [0.15, 0.2) is 18.2 Å². The molecule has 0 aliphatic carbocycles. The Balaban J connectivity index is 2.53. The number of halogens is 2. The van der Waals surface area contributed by atoms with Crippen LogP contribution >= 0.6 is 0 Å². The fourth-order valence-corrected chi connectivity index (χ4v) is 1.70. The van der Waals surface area contributed by atoms with Gasteiger partial charge in [-0.15, -0.1) is 0 Å². The highest BCUT2D eigenvalue weighted by molar-refractivity contribution is 5.96. The molecule has 0 fully saturated rings. The fraction of sp³-hybridized carbons (Fsp3) is 0.429.